The number of hydrogen-bond acceptors (Lipinski definition) is 4. The van der Waals surface area contributed by atoms with E-state index in [4.69, 9.17) is 12.2 Å². The molecule has 0 aromatic rings. The lowest BCUT2D eigenvalue weighted by atomic mass is 10.2. The summed E-state index contributed by atoms with van der Waals surface area (Å²) in [5, 5.41) is 0. The van der Waals surface area contributed by atoms with E-state index in [1.165, 1.54) is 0 Å². The highest BCUT2D eigenvalue weighted by Crippen LogP contribution is 2.06. The van der Waals surface area contributed by atoms with Gasteiger partial charge in [-0.25, -0.2) is 0 Å². The van der Waals surface area contributed by atoms with E-state index in [9.17, 15) is 4.79 Å². The predicted octanol–water partition coefficient (Wildman–Crippen LogP) is 0.266. The van der Waals surface area contributed by atoms with Crippen molar-refractivity contribution in [2.24, 2.45) is 5.73 Å². The molecule has 1 aliphatic heterocycles. The smallest absolute Gasteiger partial charge is 0.239 e. The lowest BCUT2D eigenvalue weighted by Crippen LogP contribution is -2.53. The summed E-state index contributed by atoms with van der Waals surface area (Å²) in [7, 11) is 0. The maximum Gasteiger partial charge on any atom is 0.239 e. The molecule has 1 atom stereocenters. The van der Waals surface area contributed by atoms with Crippen LogP contribution in [0, 0.1) is 12.3 Å². The second-order valence-electron chi connectivity index (χ2n) is 4.19. The number of carbonyl (C=O) groups excluding carboxylic acids is 1. The Labute approximate surface area is 120 Å². The molecular weight excluding hydrogens is 270 g/mol. The van der Waals surface area contributed by atoms with Crippen LogP contribution in [-0.2, 0) is 4.79 Å². The summed E-state index contributed by atoms with van der Waals surface area (Å²) in [5.74, 6) is 3.64. The first kappa shape index (κ1) is 17.6. The van der Waals surface area contributed by atoms with Gasteiger partial charge in [-0.05, 0) is 18.4 Å². The average molecular weight is 292 g/mol. The molecule has 2 N–H and O–H groups in total. The molecule has 104 valence electrons. The van der Waals surface area contributed by atoms with E-state index in [1.807, 2.05) is 11.2 Å². The van der Waals surface area contributed by atoms with Crippen molar-refractivity contribution in [3.05, 3.63) is 0 Å². The molecular formula is C12H22ClN3OS. The molecule has 0 aromatic carbocycles. The van der Waals surface area contributed by atoms with Crippen LogP contribution in [0.25, 0.3) is 0 Å². The number of thioether (sulfide) groups is 1. The van der Waals surface area contributed by atoms with Gasteiger partial charge in [0.2, 0.25) is 5.91 Å². The minimum absolute atomic E-state index is 0. The third-order valence-electron chi connectivity index (χ3n) is 2.95. The molecule has 0 aliphatic carbocycles. The average Bonchev–Trinajstić information content (AvgIpc) is 2.36. The van der Waals surface area contributed by atoms with Crippen LogP contribution in [0.1, 0.15) is 6.42 Å². The molecule has 1 fully saturated rings. The van der Waals surface area contributed by atoms with Crippen molar-refractivity contribution in [1.82, 2.24) is 9.80 Å². The minimum atomic E-state index is -0.346. The van der Waals surface area contributed by atoms with Crippen LogP contribution in [-0.4, -0.2) is 66.5 Å². The van der Waals surface area contributed by atoms with E-state index in [1.54, 1.807) is 11.8 Å². The number of amides is 1. The maximum atomic E-state index is 12.0. The molecule has 1 aliphatic rings. The molecule has 0 spiro atoms. The molecule has 6 heteroatoms. The summed E-state index contributed by atoms with van der Waals surface area (Å²) in [6.45, 7) is 3.86. The van der Waals surface area contributed by atoms with Gasteiger partial charge in [0, 0.05) is 26.2 Å². The van der Waals surface area contributed by atoms with Gasteiger partial charge in [-0.3, -0.25) is 9.69 Å². The molecule has 1 heterocycles. The van der Waals surface area contributed by atoms with Gasteiger partial charge in [-0.2, -0.15) is 11.8 Å². The van der Waals surface area contributed by atoms with Crippen LogP contribution in [0.15, 0.2) is 0 Å². The highest BCUT2D eigenvalue weighted by atomic mass is 35.5. The standard InChI is InChI=1S/C12H21N3OS.ClH/c1-3-5-14-6-8-15(9-7-14)12(16)11(13)4-10-17-2;/h1,11H,4-10,13H2,2H3;1H/t11-;/m0./s1. The van der Waals surface area contributed by atoms with Crippen molar-refractivity contribution >= 4 is 30.1 Å². The largest absolute Gasteiger partial charge is 0.339 e. The number of rotatable bonds is 5. The molecule has 0 unspecified atom stereocenters. The van der Waals surface area contributed by atoms with Crippen LogP contribution < -0.4 is 5.73 Å². The van der Waals surface area contributed by atoms with Gasteiger partial charge < -0.3 is 10.6 Å². The minimum Gasteiger partial charge on any atom is -0.339 e. The first-order chi connectivity index (χ1) is 8.19. The topological polar surface area (TPSA) is 49.6 Å². The van der Waals surface area contributed by atoms with E-state index in [2.05, 4.69) is 10.8 Å². The van der Waals surface area contributed by atoms with Crippen molar-refractivity contribution in [3.8, 4) is 12.3 Å². The zero-order valence-electron chi connectivity index (χ0n) is 10.8. The number of piperazine rings is 1. The number of nitrogens with zero attached hydrogens (tertiary/aromatic N) is 2. The van der Waals surface area contributed by atoms with Crippen LogP contribution in [0.5, 0.6) is 0 Å². The monoisotopic (exact) mass is 291 g/mol. The quantitative estimate of drug-likeness (QED) is 0.739. The summed E-state index contributed by atoms with van der Waals surface area (Å²) in [4.78, 5) is 16.0. The van der Waals surface area contributed by atoms with E-state index in [0.29, 0.717) is 6.54 Å². The Morgan fingerprint density at radius 2 is 2.06 bits per heavy atom. The van der Waals surface area contributed by atoms with Crippen LogP contribution in [0.2, 0.25) is 0 Å². The zero-order chi connectivity index (χ0) is 12.7. The fourth-order valence-electron chi connectivity index (χ4n) is 1.86. The number of carbonyl (C=O) groups is 1. The highest BCUT2D eigenvalue weighted by molar-refractivity contribution is 7.98. The SMILES string of the molecule is C#CCN1CCN(C(=O)[C@@H](N)CCSC)CC1.Cl. The van der Waals surface area contributed by atoms with Crippen molar-refractivity contribution in [1.29, 1.82) is 0 Å². The Balaban J connectivity index is 0.00000289. The Kier molecular flexibility index (Phi) is 9.29. The van der Waals surface area contributed by atoms with Gasteiger partial charge in [-0.15, -0.1) is 18.8 Å². The van der Waals surface area contributed by atoms with Gasteiger partial charge in [0.15, 0.2) is 0 Å². The number of terminal acetylenes is 1. The van der Waals surface area contributed by atoms with E-state index < -0.39 is 0 Å². The van der Waals surface area contributed by atoms with Gasteiger partial charge in [0.25, 0.3) is 0 Å². The van der Waals surface area contributed by atoms with E-state index in [0.717, 1.165) is 38.4 Å². The molecule has 0 aromatic heterocycles. The van der Waals surface area contributed by atoms with Crippen molar-refractivity contribution in [3.63, 3.8) is 0 Å². The first-order valence-electron chi connectivity index (χ1n) is 5.88. The Hall–Kier alpha value is -0.410. The fourth-order valence-corrected chi connectivity index (χ4v) is 2.35. The highest BCUT2D eigenvalue weighted by Gasteiger charge is 2.24. The van der Waals surface area contributed by atoms with E-state index >= 15 is 0 Å². The number of hydrogen-bond donors (Lipinski definition) is 1. The Morgan fingerprint density at radius 1 is 1.44 bits per heavy atom. The third-order valence-corrected chi connectivity index (χ3v) is 3.59. The van der Waals surface area contributed by atoms with E-state index in [-0.39, 0.29) is 24.4 Å². The van der Waals surface area contributed by atoms with Gasteiger partial charge in [0.05, 0.1) is 12.6 Å². The Morgan fingerprint density at radius 3 is 2.56 bits per heavy atom. The summed E-state index contributed by atoms with van der Waals surface area (Å²) >= 11 is 1.72. The lowest BCUT2D eigenvalue weighted by molar-refractivity contribution is -0.134. The van der Waals surface area contributed by atoms with Gasteiger partial charge in [0.1, 0.15) is 0 Å². The predicted molar refractivity (Wildman–Crippen MR) is 80.1 cm³/mol. The fraction of sp³-hybridized carbons (Fsp3) is 0.750. The number of nitrogens with two attached hydrogens (primary N) is 1. The molecule has 1 rings (SSSR count). The van der Waals surface area contributed by atoms with Crippen LogP contribution in [0.4, 0.5) is 0 Å². The molecule has 1 amide bonds. The third kappa shape index (κ3) is 5.49. The van der Waals surface area contributed by atoms with Crippen molar-refractivity contribution in [2.45, 2.75) is 12.5 Å². The Bertz CT molecular complexity index is 288. The molecule has 0 bridgehead atoms. The summed E-state index contributed by atoms with van der Waals surface area (Å²) in [6.07, 6.45) is 8.04. The second-order valence-corrected chi connectivity index (χ2v) is 5.18. The summed E-state index contributed by atoms with van der Waals surface area (Å²) in [6, 6.07) is -0.346. The first-order valence-corrected chi connectivity index (χ1v) is 7.27. The molecule has 18 heavy (non-hydrogen) atoms. The van der Waals surface area contributed by atoms with Crippen LogP contribution in [0.3, 0.4) is 0 Å². The molecule has 4 nitrogen and oxygen atoms in total. The van der Waals surface area contributed by atoms with Crippen molar-refractivity contribution in [2.75, 3.05) is 44.7 Å². The molecule has 1 saturated heterocycles. The molecule has 0 saturated carbocycles. The summed E-state index contributed by atoms with van der Waals surface area (Å²) < 4.78 is 0. The van der Waals surface area contributed by atoms with Crippen molar-refractivity contribution < 1.29 is 4.79 Å². The number of halogens is 1. The second kappa shape index (κ2) is 9.51. The normalized spacial score (nSPS) is 17.7. The lowest BCUT2D eigenvalue weighted by Gasteiger charge is -2.35. The van der Waals surface area contributed by atoms with Gasteiger partial charge >= 0.3 is 0 Å². The molecule has 0 radical (unpaired) electrons. The summed E-state index contributed by atoms with van der Waals surface area (Å²) in [5.41, 5.74) is 5.88. The maximum absolute atomic E-state index is 12.0. The van der Waals surface area contributed by atoms with Gasteiger partial charge in [-0.1, -0.05) is 5.92 Å². The zero-order valence-corrected chi connectivity index (χ0v) is 12.4. The van der Waals surface area contributed by atoms with Crippen LogP contribution >= 0.6 is 24.2 Å².